The minimum absolute atomic E-state index is 0.0848. The Balaban J connectivity index is 1.32. The van der Waals surface area contributed by atoms with Gasteiger partial charge in [-0.05, 0) is 57.9 Å². The Kier molecular flexibility index (Phi) is 6.40. The van der Waals surface area contributed by atoms with Crippen molar-refractivity contribution in [3.63, 3.8) is 0 Å². The standard InChI is InChI=1S/C31H18BrN3O10S/c1-45-14-8-13(36)18-19(23(14)37)25(39)21-20(24(18)38)27(41)31(28(21)42)5-4-10-6-11-7-12(34-30(44)17(11)26(40)22(10)31)9-33-35-29(43)15-2-3-16(32)46-15/h2-3,6-9,38-40H,4-5H2,1H3,(H,34,44)(H,35,43). The number of Topliss-reactive ketones (excluding diaryl/α,β-unsaturated/α-hetero) is 3. The number of nitrogens with one attached hydrogen (secondary N) is 2. The zero-order chi connectivity index (χ0) is 32.8. The molecule has 46 heavy (non-hydrogen) atoms. The van der Waals surface area contributed by atoms with Crippen molar-refractivity contribution in [1.82, 2.24) is 10.4 Å². The molecule has 2 heterocycles. The number of methoxy groups -OCH3 is 1. The Morgan fingerprint density at radius 1 is 1.02 bits per heavy atom. The van der Waals surface area contributed by atoms with E-state index < -0.39 is 85.3 Å². The number of nitrogens with zero attached hydrogens (tertiary/aromatic N) is 1. The average molecular weight is 704 g/mol. The molecule has 2 aromatic heterocycles. The number of benzene rings is 2. The van der Waals surface area contributed by atoms with Crippen LogP contribution in [-0.2, 0) is 16.6 Å². The predicted octanol–water partition coefficient (Wildman–Crippen LogP) is 3.41. The number of hydrazone groups is 1. The number of hydrogen-bond acceptors (Lipinski definition) is 12. The molecule has 0 fully saturated rings. The third kappa shape index (κ3) is 3.81. The van der Waals surface area contributed by atoms with E-state index in [4.69, 9.17) is 4.74 Å². The third-order valence-corrected chi connectivity index (χ3v) is 10.1. The Morgan fingerprint density at radius 2 is 1.72 bits per heavy atom. The summed E-state index contributed by atoms with van der Waals surface area (Å²) in [5.41, 5.74) is -2.86. The topological polar surface area (TPSA) is 213 Å². The van der Waals surface area contributed by atoms with Crippen LogP contribution in [0.25, 0.3) is 10.8 Å². The summed E-state index contributed by atoms with van der Waals surface area (Å²) in [7, 11) is 1.12. The second kappa shape index (κ2) is 10.1. The highest BCUT2D eigenvalue weighted by atomic mass is 79.9. The lowest BCUT2D eigenvalue weighted by molar-refractivity contribution is 0.0790. The van der Waals surface area contributed by atoms with E-state index in [1.807, 2.05) is 0 Å². The number of rotatable bonds is 4. The average Bonchev–Trinajstić information content (AvgIpc) is 3.68. The number of allylic oxidation sites excluding steroid dienone is 2. The zero-order valence-corrected chi connectivity index (χ0v) is 25.7. The molecule has 0 radical (unpaired) electrons. The molecule has 0 aliphatic heterocycles. The number of phenolic OH excluding ortho intramolecular Hbond substituents is 3. The van der Waals surface area contributed by atoms with Crippen molar-refractivity contribution in [1.29, 1.82) is 0 Å². The molecular weight excluding hydrogens is 686 g/mol. The van der Waals surface area contributed by atoms with Crippen LogP contribution in [0.3, 0.4) is 0 Å². The molecule has 230 valence electrons. The van der Waals surface area contributed by atoms with Crippen LogP contribution in [0.2, 0.25) is 0 Å². The molecule has 1 amide bonds. The van der Waals surface area contributed by atoms with E-state index in [-0.39, 0.29) is 34.9 Å². The molecule has 0 saturated carbocycles. The van der Waals surface area contributed by atoms with Gasteiger partial charge in [0.05, 0.1) is 55.3 Å². The number of phenols is 3. The van der Waals surface area contributed by atoms with Crippen LogP contribution < -0.4 is 11.0 Å². The smallest absolute Gasteiger partial charge is 0.281 e. The number of aryl methyl sites for hydroxylation is 1. The second-order valence-electron chi connectivity index (χ2n) is 10.7. The largest absolute Gasteiger partial charge is 0.507 e. The summed E-state index contributed by atoms with van der Waals surface area (Å²) in [6, 6.07) is 6.33. The van der Waals surface area contributed by atoms with Crippen LogP contribution in [-0.4, -0.2) is 62.7 Å². The Hall–Kier alpha value is -5.41. The first kappa shape index (κ1) is 29.3. The van der Waals surface area contributed by atoms with Gasteiger partial charge in [0.25, 0.3) is 11.5 Å². The molecule has 2 aromatic carbocycles. The van der Waals surface area contributed by atoms with Gasteiger partial charge in [-0.3, -0.25) is 28.8 Å². The quantitative estimate of drug-likeness (QED) is 0.0904. The normalized spacial score (nSPS) is 18.3. The first-order chi connectivity index (χ1) is 21.9. The van der Waals surface area contributed by atoms with E-state index in [1.165, 1.54) is 29.7 Å². The van der Waals surface area contributed by atoms with Gasteiger partial charge in [-0.15, -0.1) is 11.3 Å². The number of ketones is 4. The Bertz CT molecular complexity index is 2300. The molecule has 1 spiro atoms. The van der Waals surface area contributed by atoms with Crippen molar-refractivity contribution in [3.8, 4) is 17.2 Å². The van der Waals surface area contributed by atoms with Gasteiger partial charge in [-0.25, -0.2) is 5.43 Å². The van der Waals surface area contributed by atoms with Gasteiger partial charge in [0, 0.05) is 11.6 Å². The van der Waals surface area contributed by atoms with E-state index in [9.17, 15) is 44.1 Å². The fraction of sp³-hybridized carbons (Fsp3) is 0.129. The summed E-state index contributed by atoms with van der Waals surface area (Å²) in [6.45, 7) is 0. The van der Waals surface area contributed by atoms with Crippen molar-refractivity contribution in [3.05, 3.63) is 94.2 Å². The highest BCUT2D eigenvalue weighted by molar-refractivity contribution is 9.11. The van der Waals surface area contributed by atoms with E-state index in [1.54, 1.807) is 12.1 Å². The maximum absolute atomic E-state index is 14.1. The number of fused-ring (bicyclic) bond motifs is 5. The monoisotopic (exact) mass is 703 g/mol. The van der Waals surface area contributed by atoms with E-state index in [0.29, 0.717) is 10.4 Å². The Labute approximate surface area is 269 Å². The number of aromatic nitrogens is 1. The lowest BCUT2D eigenvalue weighted by atomic mass is 9.76. The summed E-state index contributed by atoms with van der Waals surface area (Å²) < 4.78 is 5.67. The highest BCUT2D eigenvalue weighted by Gasteiger charge is 2.61. The van der Waals surface area contributed by atoms with Crippen molar-refractivity contribution >= 4 is 73.3 Å². The number of halogens is 1. The van der Waals surface area contributed by atoms with Crippen LogP contribution in [0.5, 0.6) is 17.2 Å². The van der Waals surface area contributed by atoms with Crippen LogP contribution in [0, 0.1) is 0 Å². The first-order valence-corrected chi connectivity index (χ1v) is 15.1. The van der Waals surface area contributed by atoms with Crippen LogP contribution in [0.15, 0.2) is 49.8 Å². The van der Waals surface area contributed by atoms with Crippen molar-refractivity contribution < 1.29 is 44.0 Å². The fourth-order valence-corrected chi connectivity index (χ4v) is 7.76. The molecule has 4 aromatic rings. The fourth-order valence-electron chi connectivity index (χ4n) is 6.48. The number of ether oxygens (including phenoxy) is 1. The molecule has 0 saturated heterocycles. The van der Waals surface area contributed by atoms with Gasteiger partial charge in [0.15, 0.2) is 23.1 Å². The van der Waals surface area contributed by atoms with Gasteiger partial charge in [-0.1, -0.05) is 6.07 Å². The summed E-state index contributed by atoms with van der Waals surface area (Å²) in [5, 5.41) is 37.6. The number of aromatic amines is 1. The van der Waals surface area contributed by atoms with Crippen molar-refractivity contribution in [2.45, 2.75) is 18.3 Å². The molecule has 0 bridgehead atoms. The maximum Gasteiger partial charge on any atom is 0.281 e. The number of pyridine rings is 1. The number of amides is 1. The highest BCUT2D eigenvalue weighted by Crippen LogP contribution is 2.57. The van der Waals surface area contributed by atoms with E-state index in [2.05, 4.69) is 31.4 Å². The summed E-state index contributed by atoms with van der Waals surface area (Å²) in [4.78, 5) is 82.4. The number of aromatic hydroxyl groups is 3. The van der Waals surface area contributed by atoms with Gasteiger partial charge >= 0.3 is 0 Å². The van der Waals surface area contributed by atoms with Crippen molar-refractivity contribution in [2.75, 3.05) is 7.11 Å². The molecule has 1 atom stereocenters. The number of H-pyrrole nitrogens is 1. The number of carbonyl (C=O) groups is 5. The minimum Gasteiger partial charge on any atom is -0.507 e. The number of carbonyl (C=O) groups excluding carboxylic acids is 5. The summed E-state index contributed by atoms with van der Waals surface area (Å²) in [6.07, 6.45) is 1.90. The number of hydrogen-bond donors (Lipinski definition) is 5. The molecule has 5 N–H and O–H groups in total. The predicted molar refractivity (Wildman–Crippen MR) is 165 cm³/mol. The SMILES string of the molecule is COC1=CC(=O)c2c(O)c3c(c(O)c2C1=O)C(=O)C1(CCc2cc4cc(C=NNC(=O)c5ccc(Br)s5)[nH]c(=O)c4c(O)c21)C3=O. The molecule has 3 aliphatic carbocycles. The zero-order valence-electron chi connectivity index (χ0n) is 23.3. The Morgan fingerprint density at radius 3 is 2.37 bits per heavy atom. The van der Waals surface area contributed by atoms with Crippen molar-refractivity contribution in [2.24, 2.45) is 5.10 Å². The third-order valence-electron chi connectivity index (χ3n) is 8.43. The second-order valence-corrected chi connectivity index (χ2v) is 13.2. The van der Waals surface area contributed by atoms with Gasteiger partial charge in [0.1, 0.15) is 22.7 Å². The van der Waals surface area contributed by atoms with Crippen LogP contribution in [0.4, 0.5) is 0 Å². The molecule has 1 unspecified atom stereocenters. The van der Waals surface area contributed by atoms with Gasteiger partial charge in [0.2, 0.25) is 5.78 Å². The first-order valence-electron chi connectivity index (χ1n) is 13.5. The van der Waals surface area contributed by atoms with E-state index in [0.717, 1.165) is 17.0 Å². The lowest BCUT2D eigenvalue weighted by Gasteiger charge is -2.22. The molecule has 13 nitrogen and oxygen atoms in total. The van der Waals surface area contributed by atoms with Gasteiger partial charge < -0.3 is 25.0 Å². The van der Waals surface area contributed by atoms with Crippen LogP contribution in [0.1, 0.15) is 74.3 Å². The molecule has 7 rings (SSSR count). The summed E-state index contributed by atoms with van der Waals surface area (Å²) in [5.74, 6) is -7.36. The molecular formula is C31H18BrN3O10S. The maximum atomic E-state index is 14.1. The summed E-state index contributed by atoms with van der Waals surface area (Å²) >= 11 is 4.48. The minimum atomic E-state index is -2.15. The molecule has 3 aliphatic rings. The van der Waals surface area contributed by atoms with Crippen LogP contribution >= 0.6 is 27.3 Å². The van der Waals surface area contributed by atoms with Gasteiger partial charge in [-0.2, -0.15) is 5.10 Å². The number of thiophene rings is 1. The molecule has 15 heteroatoms. The van der Waals surface area contributed by atoms with E-state index >= 15 is 0 Å². The lowest BCUT2D eigenvalue weighted by Crippen LogP contribution is -2.36.